The quantitative estimate of drug-likeness (QED) is 0.851. The van der Waals surface area contributed by atoms with Crippen LogP contribution in [0.4, 0.5) is 0 Å². The van der Waals surface area contributed by atoms with Crippen LogP contribution in [0.3, 0.4) is 0 Å². The summed E-state index contributed by atoms with van der Waals surface area (Å²) in [6, 6.07) is 5.51. The van der Waals surface area contributed by atoms with E-state index in [2.05, 4.69) is 5.32 Å². The van der Waals surface area contributed by atoms with Gasteiger partial charge in [0.15, 0.2) is 11.5 Å². The molecule has 0 saturated heterocycles. The lowest BCUT2D eigenvalue weighted by Crippen LogP contribution is -2.29. The second-order valence-corrected chi connectivity index (χ2v) is 6.34. The minimum absolute atomic E-state index is 0.193. The van der Waals surface area contributed by atoms with Crippen molar-refractivity contribution in [2.75, 3.05) is 19.9 Å². The molecule has 7 heteroatoms. The summed E-state index contributed by atoms with van der Waals surface area (Å²) in [5, 5.41) is 15.2. The number of carbonyl (C=O) groups excluding carboxylic acids is 1. The Morgan fingerprint density at radius 2 is 2.16 bits per heavy atom. The third-order valence-electron chi connectivity index (χ3n) is 4.30. The Kier molecular flexibility index (Phi) is 4.23. The molecular formula is C18H19N2O5-. The topological polar surface area (TPSA) is 83.1 Å². The highest BCUT2D eigenvalue weighted by Crippen LogP contribution is 2.33. The molecule has 1 aliphatic carbocycles. The highest BCUT2D eigenvalue weighted by Gasteiger charge is 2.25. The molecule has 2 heterocycles. The minimum Gasteiger partial charge on any atom is -0.758 e. The van der Waals surface area contributed by atoms with Crippen LogP contribution in [0.15, 0.2) is 41.8 Å². The fourth-order valence-electron chi connectivity index (χ4n) is 2.67. The SMILES string of the molecule is O=C(NCc1ccc2c(c1)OCO2)C1=CN([O-])CC=C1OCC1CC1. The molecule has 4 rings (SSSR count). The van der Waals surface area contributed by atoms with Gasteiger partial charge < -0.3 is 29.8 Å². The Labute approximate surface area is 145 Å². The summed E-state index contributed by atoms with van der Waals surface area (Å²) in [5.74, 6) is 2.10. The van der Waals surface area contributed by atoms with Crippen molar-refractivity contribution in [3.8, 4) is 11.5 Å². The average molecular weight is 343 g/mol. The molecule has 0 atom stereocenters. The van der Waals surface area contributed by atoms with Crippen LogP contribution in [-0.4, -0.2) is 30.9 Å². The first-order valence-corrected chi connectivity index (χ1v) is 8.35. The van der Waals surface area contributed by atoms with E-state index in [0.717, 1.165) is 23.5 Å². The molecule has 1 aromatic carbocycles. The van der Waals surface area contributed by atoms with Crippen molar-refractivity contribution in [1.82, 2.24) is 10.4 Å². The van der Waals surface area contributed by atoms with Crippen molar-refractivity contribution in [1.29, 1.82) is 0 Å². The fourth-order valence-corrected chi connectivity index (χ4v) is 2.67. The van der Waals surface area contributed by atoms with Gasteiger partial charge in [-0.1, -0.05) is 6.07 Å². The first kappa shape index (κ1) is 15.8. The number of nitrogens with one attached hydrogen (secondary N) is 1. The molecule has 0 radical (unpaired) electrons. The van der Waals surface area contributed by atoms with Gasteiger partial charge in [-0.3, -0.25) is 4.79 Å². The summed E-state index contributed by atoms with van der Waals surface area (Å²) in [5.41, 5.74) is 1.15. The van der Waals surface area contributed by atoms with Crippen molar-refractivity contribution in [3.63, 3.8) is 0 Å². The van der Waals surface area contributed by atoms with Gasteiger partial charge in [-0.25, -0.2) is 0 Å². The molecule has 0 aromatic heterocycles. The van der Waals surface area contributed by atoms with E-state index in [1.165, 1.54) is 6.20 Å². The normalized spacial score (nSPS) is 18.5. The molecule has 0 unspecified atom stereocenters. The van der Waals surface area contributed by atoms with Gasteiger partial charge in [0.05, 0.1) is 12.2 Å². The van der Waals surface area contributed by atoms with Crippen molar-refractivity contribution < 1.29 is 19.0 Å². The predicted molar refractivity (Wildman–Crippen MR) is 89.3 cm³/mol. The number of benzene rings is 1. The van der Waals surface area contributed by atoms with Gasteiger partial charge in [-0.15, -0.1) is 0 Å². The largest absolute Gasteiger partial charge is 0.758 e. The number of hydrogen-bond donors (Lipinski definition) is 1. The van der Waals surface area contributed by atoms with E-state index < -0.39 is 0 Å². The van der Waals surface area contributed by atoms with Crippen LogP contribution >= 0.6 is 0 Å². The maximum Gasteiger partial charge on any atom is 0.256 e. The third kappa shape index (κ3) is 3.71. The zero-order valence-electron chi connectivity index (χ0n) is 13.7. The summed E-state index contributed by atoms with van der Waals surface area (Å²) in [6.45, 7) is 1.32. The van der Waals surface area contributed by atoms with Crippen LogP contribution in [0.5, 0.6) is 11.5 Å². The van der Waals surface area contributed by atoms with E-state index in [9.17, 15) is 10.0 Å². The van der Waals surface area contributed by atoms with Crippen molar-refractivity contribution >= 4 is 5.91 Å². The molecule has 1 aromatic rings. The van der Waals surface area contributed by atoms with E-state index in [1.807, 2.05) is 18.2 Å². The molecular weight excluding hydrogens is 324 g/mol. The number of rotatable bonds is 6. The Morgan fingerprint density at radius 1 is 1.32 bits per heavy atom. The van der Waals surface area contributed by atoms with E-state index in [4.69, 9.17) is 14.2 Å². The minimum atomic E-state index is -0.333. The Morgan fingerprint density at radius 3 is 3.00 bits per heavy atom. The van der Waals surface area contributed by atoms with Crippen molar-refractivity contribution in [2.45, 2.75) is 19.4 Å². The summed E-state index contributed by atoms with van der Waals surface area (Å²) in [4.78, 5) is 12.5. The van der Waals surface area contributed by atoms with E-state index >= 15 is 0 Å². The van der Waals surface area contributed by atoms with E-state index in [-0.39, 0.29) is 24.8 Å². The van der Waals surface area contributed by atoms with Gasteiger partial charge in [0.25, 0.3) is 5.91 Å². The van der Waals surface area contributed by atoms with Crippen LogP contribution in [0, 0.1) is 11.1 Å². The second kappa shape index (κ2) is 6.68. The third-order valence-corrected chi connectivity index (χ3v) is 4.30. The summed E-state index contributed by atoms with van der Waals surface area (Å²) in [7, 11) is 0. The average Bonchev–Trinajstić information content (AvgIpc) is 3.33. The Hall–Kier alpha value is -2.67. The van der Waals surface area contributed by atoms with Gasteiger partial charge in [0.2, 0.25) is 6.79 Å². The number of nitrogens with zero attached hydrogens (tertiary/aromatic N) is 1. The Bertz CT molecular complexity index is 739. The zero-order valence-corrected chi connectivity index (χ0v) is 13.7. The van der Waals surface area contributed by atoms with Gasteiger partial charge in [0.1, 0.15) is 5.76 Å². The molecule has 7 nitrogen and oxygen atoms in total. The molecule has 3 aliphatic rings. The van der Waals surface area contributed by atoms with Crippen molar-refractivity contribution in [2.24, 2.45) is 5.92 Å². The van der Waals surface area contributed by atoms with E-state index in [1.54, 1.807) is 6.08 Å². The van der Waals surface area contributed by atoms with Gasteiger partial charge in [-0.05, 0) is 42.5 Å². The van der Waals surface area contributed by atoms with Crippen LogP contribution in [0.2, 0.25) is 0 Å². The lowest BCUT2D eigenvalue weighted by atomic mass is 10.1. The van der Waals surface area contributed by atoms with Gasteiger partial charge in [-0.2, -0.15) is 0 Å². The molecule has 1 saturated carbocycles. The van der Waals surface area contributed by atoms with Crippen LogP contribution in [-0.2, 0) is 16.1 Å². The number of ether oxygens (including phenoxy) is 3. The molecule has 0 bridgehead atoms. The first-order valence-electron chi connectivity index (χ1n) is 8.35. The standard InChI is InChI=1S/C18H19N2O5/c21-18(19-8-13-3-4-16-17(7-13)25-11-24-16)14-9-20(22)6-5-15(14)23-10-12-1-2-12/h3-5,7,9,12H,1-2,6,8,10-11H2,(H,19,21)/q-1. The molecule has 132 valence electrons. The molecule has 1 amide bonds. The summed E-state index contributed by atoms with van der Waals surface area (Å²) >= 11 is 0. The number of amides is 1. The van der Waals surface area contributed by atoms with Gasteiger partial charge >= 0.3 is 0 Å². The Balaban J connectivity index is 1.39. The number of hydroxylamine groups is 2. The smallest absolute Gasteiger partial charge is 0.256 e. The van der Waals surface area contributed by atoms with Crippen LogP contribution < -0.4 is 14.8 Å². The maximum atomic E-state index is 12.5. The van der Waals surface area contributed by atoms with Gasteiger partial charge in [0, 0.05) is 19.3 Å². The monoisotopic (exact) mass is 343 g/mol. The number of hydrogen-bond acceptors (Lipinski definition) is 6. The van der Waals surface area contributed by atoms with Crippen LogP contribution in [0.1, 0.15) is 18.4 Å². The van der Waals surface area contributed by atoms with Crippen molar-refractivity contribution in [3.05, 3.63) is 52.6 Å². The lowest BCUT2D eigenvalue weighted by Gasteiger charge is -2.30. The molecule has 2 aliphatic heterocycles. The molecule has 1 N–H and O–H groups in total. The fraction of sp³-hybridized carbons (Fsp3) is 0.389. The second-order valence-electron chi connectivity index (χ2n) is 6.34. The number of fused-ring (bicyclic) bond motifs is 1. The maximum absolute atomic E-state index is 12.5. The summed E-state index contributed by atoms with van der Waals surface area (Å²) in [6.07, 6.45) is 5.27. The molecule has 25 heavy (non-hydrogen) atoms. The lowest BCUT2D eigenvalue weighted by molar-refractivity contribution is -0.117. The highest BCUT2D eigenvalue weighted by molar-refractivity contribution is 5.97. The molecule has 1 fully saturated rings. The first-order chi connectivity index (χ1) is 12.2. The van der Waals surface area contributed by atoms with E-state index in [0.29, 0.717) is 36.3 Å². The predicted octanol–water partition coefficient (Wildman–Crippen LogP) is 2.04. The highest BCUT2D eigenvalue weighted by atomic mass is 16.7. The zero-order chi connectivity index (χ0) is 17.2. The number of carbonyl (C=O) groups is 1. The summed E-state index contributed by atoms with van der Waals surface area (Å²) < 4.78 is 16.3. The van der Waals surface area contributed by atoms with Crippen LogP contribution in [0.25, 0.3) is 0 Å². The molecule has 0 spiro atoms.